The van der Waals surface area contributed by atoms with Gasteiger partial charge in [0.1, 0.15) is 34.3 Å². The molecule has 3 aliphatic heterocycles. The summed E-state index contributed by atoms with van der Waals surface area (Å²) in [5, 5.41) is 15.0. The van der Waals surface area contributed by atoms with Crippen LogP contribution in [0.2, 0.25) is 0 Å². The number of nitrogens with one attached hydrogen (secondary N) is 2. The van der Waals surface area contributed by atoms with Crippen LogP contribution in [0.3, 0.4) is 0 Å². The summed E-state index contributed by atoms with van der Waals surface area (Å²) in [5.74, 6) is 1.24. The Labute approximate surface area is 537 Å². The van der Waals surface area contributed by atoms with Crippen LogP contribution in [0.5, 0.6) is 0 Å². The molecule has 3 aliphatic rings. The molecule has 3 saturated heterocycles. The van der Waals surface area contributed by atoms with Crippen LogP contribution in [-0.4, -0.2) is 171 Å². The number of nitrogens with zero attached hydrogens (tertiary/aromatic N) is 10. The lowest BCUT2D eigenvalue weighted by Gasteiger charge is -2.36. The molecule has 0 aliphatic carbocycles. The van der Waals surface area contributed by atoms with Crippen molar-refractivity contribution in [1.82, 2.24) is 40.0 Å². The second-order valence-corrected chi connectivity index (χ2v) is 25.3. The highest BCUT2D eigenvalue weighted by Gasteiger charge is 2.29. The fourth-order valence-corrected chi connectivity index (χ4v) is 9.97. The molecular weight excluding hydrogens is 1170 g/mol. The van der Waals surface area contributed by atoms with Crippen LogP contribution in [0.15, 0.2) is 140 Å². The van der Waals surface area contributed by atoms with E-state index in [9.17, 15) is 28.8 Å². The minimum Gasteiger partial charge on any atom is -0.478 e. The summed E-state index contributed by atoms with van der Waals surface area (Å²) < 4.78 is 16.2. The molecule has 92 heavy (non-hydrogen) atoms. The molecule has 484 valence electrons. The number of carbonyl (C=O) groups excluding carboxylic acids is 5. The number of pyridine rings is 5. The summed E-state index contributed by atoms with van der Waals surface area (Å²) in [6, 6.07) is 29.5. The highest BCUT2D eigenvalue weighted by atomic mass is 16.6. The van der Waals surface area contributed by atoms with Gasteiger partial charge >= 0.3 is 24.2 Å². The molecule has 5 aromatic heterocycles. The number of ether oxygens (including phenoxy) is 3. The quantitative estimate of drug-likeness (QED) is 0.0474. The number of nitrogens with two attached hydrogens (primary N) is 1. The normalized spacial score (nSPS) is 14.3. The number of carboxylic acid groups (broad SMARTS) is 1. The Morgan fingerprint density at radius 3 is 1.30 bits per heavy atom. The number of rotatable bonds is 13. The Kier molecular flexibility index (Phi) is 22.6. The van der Waals surface area contributed by atoms with Crippen molar-refractivity contribution in [3.63, 3.8) is 0 Å². The van der Waals surface area contributed by atoms with Gasteiger partial charge in [-0.2, -0.15) is 0 Å². The molecule has 23 heteroatoms. The van der Waals surface area contributed by atoms with Crippen molar-refractivity contribution in [1.29, 1.82) is 0 Å². The Morgan fingerprint density at radius 1 is 0.489 bits per heavy atom. The minimum atomic E-state index is -0.992. The summed E-state index contributed by atoms with van der Waals surface area (Å²) in [6.45, 7) is 24.9. The fraction of sp³-hybridized carbons (Fsp3) is 0.377. The summed E-state index contributed by atoms with van der Waals surface area (Å²) in [5.41, 5.74) is 12.0. The molecule has 8 heterocycles. The molecule has 0 saturated carbocycles. The number of Topliss-reactive ketones (excluding diaryl/α,β-unsaturated/α-hetero) is 2. The third-order valence-electron chi connectivity index (χ3n) is 14.7. The van der Waals surface area contributed by atoms with E-state index in [2.05, 4.69) is 45.4 Å². The zero-order valence-corrected chi connectivity index (χ0v) is 53.8. The lowest BCUT2D eigenvalue weighted by molar-refractivity contribution is 0.0230. The Hall–Kier alpha value is -10.0. The number of benzene rings is 2. The number of hydrogen-bond acceptors (Lipinski definition) is 19. The van der Waals surface area contributed by atoms with Crippen molar-refractivity contribution >= 4 is 64.6 Å². The van der Waals surface area contributed by atoms with Crippen LogP contribution >= 0.6 is 0 Å². The van der Waals surface area contributed by atoms with Gasteiger partial charge in [-0.1, -0.05) is 24.3 Å². The van der Waals surface area contributed by atoms with E-state index in [1.807, 2.05) is 119 Å². The summed E-state index contributed by atoms with van der Waals surface area (Å²) in [6.07, 6.45) is 10.7. The number of nitrogen functional groups attached to an aromatic ring is 1. The summed E-state index contributed by atoms with van der Waals surface area (Å²) >= 11 is 0. The molecule has 0 unspecified atom stereocenters. The molecule has 0 atom stereocenters. The number of anilines is 5. The SMILES string of the molecule is CC(C)(C)OC(=O)N1CCN(c2ccc(C(=O)O)cn2)CC1.CC(C)(C)OC(=O)Nc1ccc(-c2cccnc2)cc1CC(=O)c1ccc(N2CCN(C(=O)OC(C)(C)C)CC2)nc1.Nc1ccc(-c2cccnc2)cc1CC(=O)c1ccc(N2CCNCC2)nc1. The largest absolute Gasteiger partial charge is 0.478 e. The number of piperazine rings is 3. The van der Waals surface area contributed by atoms with Gasteiger partial charge in [-0.3, -0.25) is 24.9 Å². The monoisotopic (exact) mass is 1250 g/mol. The van der Waals surface area contributed by atoms with Crippen molar-refractivity contribution in [2.24, 2.45) is 0 Å². The minimum absolute atomic E-state index is 0.00870. The van der Waals surface area contributed by atoms with Crippen LogP contribution < -0.4 is 31.1 Å². The van der Waals surface area contributed by atoms with Crippen LogP contribution in [-0.2, 0) is 27.1 Å². The average molecular weight is 1250 g/mol. The number of amides is 3. The smallest absolute Gasteiger partial charge is 0.412 e. The Balaban J connectivity index is 0.000000188. The van der Waals surface area contributed by atoms with E-state index >= 15 is 0 Å². The lowest BCUT2D eigenvalue weighted by Crippen LogP contribution is -2.50. The van der Waals surface area contributed by atoms with Crippen LogP contribution in [0.1, 0.15) is 105 Å². The number of hydrogen-bond donors (Lipinski definition) is 4. The lowest BCUT2D eigenvalue weighted by atomic mass is 9.98. The predicted octanol–water partition coefficient (Wildman–Crippen LogP) is 10.4. The first-order valence-electron chi connectivity index (χ1n) is 30.7. The molecule has 3 fully saturated rings. The highest BCUT2D eigenvalue weighted by Crippen LogP contribution is 2.29. The van der Waals surface area contributed by atoms with Crippen molar-refractivity contribution in [3.05, 3.63) is 168 Å². The highest BCUT2D eigenvalue weighted by molar-refractivity contribution is 6.00. The number of carboxylic acids is 1. The van der Waals surface area contributed by atoms with Gasteiger partial charge in [0.05, 0.1) is 5.56 Å². The van der Waals surface area contributed by atoms with E-state index in [0.29, 0.717) is 86.2 Å². The topological polar surface area (TPSA) is 281 Å². The fourth-order valence-electron chi connectivity index (χ4n) is 9.97. The van der Waals surface area contributed by atoms with Gasteiger partial charge in [-0.15, -0.1) is 0 Å². The van der Waals surface area contributed by atoms with Crippen LogP contribution in [0.25, 0.3) is 22.3 Å². The van der Waals surface area contributed by atoms with E-state index < -0.39 is 28.9 Å². The molecule has 0 radical (unpaired) electrons. The zero-order chi connectivity index (χ0) is 66.2. The molecule has 0 spiro atoms. The van der Waals surface area contributed by atoms with Gasteiger partial charge in [-0.05, 0) is 168 Å². The summed E-state index contributed by atoms with van der Waals surface area (Å²) in [4.78, 5) is 105. The Morgan fingerprint density at radius 2 is 0.902 bits per heavy atom. The number of aromatic nitrogens is 5. The van der Waals surface area contributed by atoms with E-state index in [-0.39, 0.29) is 42.2 Å². The van der Waals surface area contributed by atoms with Crippen LogP contribution in [0, 0.1) is 0 Å². The van der Waals surface area contributed by atoms with Gasteiger partial charge in [0, 0.05) is 157 Å². The first-order valence-corrected chi connectivity index (χ1v) is 30.7. The molecule has 2 aromatic carbocycles. The van der Waals surface area contributed by atoms with E-state index in [0.717, 1.165) is 65.6 Å². The number of aromatic carboxylic acids is 1. The predicted molar refractivity (Wildman–Crippen MR) is 354 cm³/mol. The zero-order valence-electron chi connectivity index (χ0n) is 53.8. The van der Waals surface area contributed by atoms with E-state index in [1.54, 1.807) is 86.0 Å². The molecule has 5 N–H and O–H groups in total. The number of ketones is 2. The van der Waals surface area contributed by atoms with E-state index in [1.165, 1.54) is 12.3 Å². The van der Waals surface area contributed by atoms with Crippen molar-refractivity contribution < 1.29 is 48.1 Å². The molecule has 0 bridgehead atoms. The van der Waals surface area contributed by atoms with E-state index in [4.69, 9.17) is 25.1 Å². The molecule has 23 nitrogen and oxygen atoms in total. The third-order valence-corrected chi connectivity index (χ3v) is 14.7. The van der Waals surface area contributed by atoms with Gasteiger partial charge in [0.2, 0.25) is 0 Å². The van der Waals surface area contributed by atoms with Crippen molar-refractivity contribution in [3.8, 4) is 22.3 Å². The number of carbonyl (C=O) groups is 6. The average Bonchev–Trinajstić information content (AvgIpc) is 1.59. The van der Waals surface area contributed by atoms with Crippen LogP contribution in [0.4, 0.5) is 43.2 Å². The van der Waals surface area contributed by atoms with Gasteiger partial charge in [0.25, 0.3) is 0 Å². The maximum absolute atomic E-state index is 13.4. The third kappa shape index (κ3) is 20.2. The standard InChI is InChI=1S/C32H39N5O5.C22H23N5O.C15H21N3O4/c1-31(2,3)41-29(39)35-26-11-9-22(23-8-7-13-33-20-23)18-25(26)19-27(38)24-10-12-28(34-21-24)36-14-16-37(17-15-36)30(40)42-32(4,5)6;23-20-5-3-16(17-2-1-7-25-14-17)12-19(20)13-21(28)18-4-6-22(26-15-18)27-10-8-24-9-11-27;1-15(2,3)22-14(21)18-8-6-17(7-9-18)12-5-4-11(10-16-12)13(19)20/h7-13,18,20-21H,14-17,19H2,1-6H3,(H,35,39);1-7,12,14-15,24H,8-11,13,23H2;4-5,10H,6-9H2,1-3H3,(H,19,20). The van der Waals surface area contributed by atoms with Crippen molar-refractivity contribution in [2.75, 3.05) is 104 Å². The maximum Gasteiger partial charge on any atom is 0.412 e. The molecule has 7 aromatic rings. The first-order chi connectivity index (χ1) is 43.7. The second-order valence-electron chi connectivity index (χ2n) is 25.3. The molecule has 10 rings (SSSR count). The second kappa shape index (κ2) is 30.7. The maximum atomic E-state index is 13.4. The van der Waals surface area contributed by atoms with Crippen molar-refractivity contribution in [2.45, 2.75) is 92.0 Å². The first kappa shape index (κ1) is 67.9. The van der Waals surface area contributed by atoms with Gasteiger partial charge in [0.15, 0.2) is 11.6 Å². The molecular formula is C69H83N13O10. The summed E-state index contributed by atoms with van der Waals surface area (Å²) in [7, 11) is 0. The Bertz CT molecular complexity index is 3630. The van der Waals surface area contributed by atoms with Gasteiger partial charge < -0.3 is 54.9 Å². The van der Waals surface area contributed by atoms with Gasteiger partial charge in [-0.25, -0.2) is 34.1 Å². The molecule has 3 amide bonds.